The van der Waals surface area contributed by atoms with Crippen LogP contribution in [-0.4, -0.2) is 34.5 Å². The average molecular weight is 219 g/mol. The highest BCUT2D eigenvalue weighted by atomic mass is 19.1. The lowest BCUT2D eigenvalue weighted by Crippen LogP contribution is -2.47. The van der Waals surface area contributed by atoms with Crippen LogP contribution < -0.4 is 5.32 Å². The van der Waals surface area contributed by atoms with Crippen molar-refractivity contribution in [3.8, 4) is 0 Å². The van der Waals surface area contributed by atoms with Crippen LogP contribution in [0.15, 0.2) is 0 Å². The summed E-state index contributed by atoms with van der Waals surface area (Å²) in [4.78, 5) is 21.9. The van der Waals surface area contributed by atoms with Gasteiger partial charge >= 0.3 is 12.1 Å². The van der Waals surface area contributed by atoms with E-state index in [9.17, 15) is 14.0 Å². The van der Waals surface area contributed by atoms with Gasteiger partial charge in [-0.2, -0.15) is 0 Å². The van der Waals surface area contributed by atoms with Crippen LogP contribution in [0.5, 0.6) is 0 Å². The maximum Gasteiger partial charge on any atom is 0.408 e. The van der Waals surface area contributed by atoms with Crippen molar-refractivity contribution in [3.05, 3.63) is 0 Å². The molecular formula is C9H14FNO4. The SMILES string of the molecule is CC(C)(C)OC(=O)N[C@]1(C(=O)O)CC1F. The molecule has 0 radical (unpaired) electrons. The highest BCUT2D eigenvalue weighted by Gasteiger charge is 2.63. The fraction of sp³-hybridized carbons (Fsp3) is 0.778. The minimum Gasteiger partial charge on any atom is -0.479 e. The molecule has 1 saturated carbocycles. The first-order chi connectivity index (χ1) is 6.67. The molecule has 0 saturated heterocycles. The van der Waals surface area contributed by atoms with E-state index in [-0.39, 0.29) is 6.42 Å². The van der Waals surface area contributed by atoms with Crippen molar-refractivity contribution in [2.24, 2.45) is 0 Å². The molecule has 2 atom stereocenters. The summed E-state index contributed by atoms with van der Waals surface area (Å²) in [5, 5.41) is 10.7. The minimum atomic E-state index is -1.78. The van der Waals surface area contributed by atoms with E-state index in [0.717, 1.165) is 0 Å². The Kier molecular flexibility index (Phi) is 2.63. The molecule has 5 nitrogen and oxygen atoms in total. The molecule has 15 heavy (non-hydrogen) atoms. The van der Waals surface area contributed by atoms with Crippen LogP contribution in [-0.2, 0) is 9.53 Å². The Labute approximate surface area is 86.6 Å². The van der Waals surface area contributed by atoms with Gasteiger partial charge in [-0.1, -0.05) is 0 Å². The van der Waals surface area contributed by atoms with Gasteiger partial charge in [0.05, 0.1) is 0 Å². The molecule has 1 rings (SSSR count). The number of aliphatic carboxylic acids is 1. The highest BCUT2D eigenvalue weighted by molar-refractivity contribution is 5.88. The summed E-state index contributed by atoms with van der Waals surface area (Å²) in [6, 6.07) is 0. The van der Waals surface area contributed by atoms with Crippen LogP contribution in [0.4, 0.5) is 9.18 Å². The molecule has 1 unspecified atom stereocenters. The topological polar surface area (TPSA) is 75.6 Å². The Balaban J connectivity index is 2.56. The van der Waals surface area contributed by atoms with Gasteiger partial charge in [0, 0.05) is 6.42 Å². The van der Waals surface area contributed by atoms with Gasteiger partial charge in [0.1, 0.15) is 11.8 Å². The summed E-state index contributed by atoms with van der Waals surface area (Å²) in [5.41, 5.74) is -2.51. The summed E-state index contributed by atoms with van der Waals surface area (Å²) in [5.74, 6) is -1.37. The van der Waals surface area contributed by atoms with Crippen LogP contribution in [0.25, 0.3) is 0 Å². The van der Waals surface area contributed by atoms with Crippen molar-refractivity contribution in [3.63, 3.8) is 0 Å². The van der Waals surface area contributed by atoms with Crippen molar-refractivity contribution < 1.29 is 23.8 Å². The van der Waals surface area contributed by atoms with Crippen LogP contribution in [0.2, 0.25) is 0 Å². The standard InChI is InChI=1S/C9H14FNO4/c1-8(2,3)15-7(14)11-9(6(12)13)4-5(9)10/h5H,4H2,1-3H3,(H,11,14)(H,12,13)/t5?,9-/m1/s1. The lowest BCUT2D eigenvalue weighted by Gasteiger charge is -2.21. The van der Waals surface area contributed by atoms with E-state index in [1.807, 2.05) is 5.32 Å². The van der Waals surface area contributed by atoms with Crippen LogP contribution >= 0.6 is 0 Å². The number of hydrogen-bond acceptors (Lipinski definition) is 3. The molecule has 0 spiro atoms. The number of alkyl halides is 1. The van der Waals surface area contributed by atoms with Gasteiger partial charge < -0.3 is 15.2 Å². The summed E-state index contributed by atoms with van der Waals surface area (Å²) in [6.45, 7) is 4.92. The first-order valence-electron chi connectivity index (χ1n) is 4.56. The van der Waals surface area contributed by atoms with Crippen molar-refractivity contribution in [2.75, 3.05) is 0 Å². The number of alkyl carbamates (subject to hydrolysis) is 1. The van der Waals surface area contributed by atoms with Gasteiger partial charge in [-0.25, -0.2) is 14.0 Å². The van der Waals surface area contributed by atoms with E-state index in [1.165, 1.54) is 0 Å². The van der Waals surface area contributed by atoms with Crippen LogP contribution in [0.3, 0.4) is 0 Å². The van der Waals surface area contributed by atoms with Gasteiger partial charge in [0.15, 0.2) is 5.54 Å². The zero-order valence-electron chi connectivity index (χ0n) is 8.83. The minimum absolute atomic E-state index is 0.207. The number of carboxylic acids is 1. The number of hydrogen-bond donors (Lipinski definition) is 2. The number of carboxylic acid groups (broad SMARTS) is 1. The molecule has 0 heterocycles. The van der Waals surface area contributed by atoms with E-state index in [1.54, 1.807) is 20.8 Å². The molecule has 0 aromatic rings. The summed E-state index contributed by atoms with van der Waals surface area (Å²) < 4.78 is 17.7. The largest absolute Gasteiger partial charge is 0.479 e. The average Bonchev–Trinajstić information content (AvgIpc) is 2.57. The maximum absolute atomic E-state index is 12.8. The Morgan fingerprint density at radius 1 is 1.53 bits per heavy atom. The van der Waals surface area contributed by atoms with E-state index in [4.69, 9.17) is 9.84 Å². The molecular weight excluding hydrogens is 205 g/mol. The summed E-state index contributed by atoms with van der Waals surface area (Å²) >= 11 is 0. The van der Waals surface area contributed by atoms with E-state index in [0.29, 0.717) is 0 Å². The summed E-state index contributed by atoms with van der Waals surface area (Å²) in [6.07, 6.45) is -2.66. The fourth-order valence-corrected chi connectivity index (χ4v) is 1.11. The number of halogens is 1. The van der Waals surface area contributed by atoms with Crippen LogP contribution in [0.1, 0.15) is 27.2 Å². The number of rotatable bonds is 2. The lowest BCUT2D eigenvalue weighted by molar-refractivity contribution is -0.141. The molecule has 0 aromatic carbocycles. The molecule has 1 amide bonds. The second kappa shape index (κ2) is 3.36. The molecule has 0 aromatic heterocycles. The smallest absolute Gasteiger partial charge is 0.408 e. The Hall–Kier alpha value is -1.33. The van der Waals surface area contributed by atoms with Gasteiger partial charge in [0.2, 0.25) is 0 Å². The molecule has 0 bridgehead atoms. The molecule has 0 aliphatic heterocycles. The van der Waals surface area contributed by atoms with E-state index < -0.39 is 29.4 Å². The predicted octanol–water partition coefficient (Wildman–Crippen LogP) is 1.08. The third-order valence-electron chi connectivity index (χ3n) is 1.98. The number of amides is 1. The van der Waals surface area contributed by atoms with Crippen molar-refractivity contribution >= 4 is 12.1 Å². The van der Waals surface area contributed by atoms with Gasteiger partial charge in [-0.15, -0.1) is 0 Å². The summed E-state index contributed by atoms with van der Waals surface area (Å²) in [7, 11) is 0. The lowest BCUT2D eigenvalue weighted by atomic mass is 10.2. The molecule has 6 heteroatoms. The fourth-order valence-electron chi connectivity index (χ4n) is 1.11. The number of carbonyl (C=O) groups is 2. The van der Waals surface area contributed by atoms with E-state index in [2.05, 4.69) is 0 Å². The van der Waals surface area contributed by atoms with Gasteiger partial charge in [-0.05, 0) is 20.8 Å². The second-order valence-corrected chi connectivity index (χ2v) is 4.58. The van der Waals surface area contributed by atoms with Crippen molar-refractivity contribution in [1.82, 2.24) is 5.32 Å². The molecule has 86 valence electrons. The zero-order valence-corrected chi connectivity index (χ0v) is 8.83. The van der Waals surface area contributed by atoms with Crippen molar-refractivity contribution in [1.29, 1.82) is 0 Å². The number of carbonyl (C=O) groups excluding carboxylic acids is 1. The highest BCUT2D eigenvalue weighted by Crippen LogP contribution is 2.39. The number of ether oxygens (including phenoxy) is 1. The quantitative estimate of drug-likeness (QED) is 0.728. The Morgan fingerprint density at radius 2 is 2.00 bits per heavy atom. The first kappa shape index (κ1) is 11.7. The number of nitrogens with one attached hydrogen (secondary N) is 1. The predicted molar refractivity (Wildman–Crippen MR) is 49.2 cm³/mol. The Morgan fingerprint density at radius 3 is 2.27 bits per heavy atom. The zero-order chi connectivity index (χ0) is 11.9. The normalized spacial score (nSPS) is 29.5. The first-order valence-corrected chi connectivity index (χ1v) is 4.56. The second-order valence-electron chi connectivity index (χ2n) is 4.58. The third-order valence-corrected chi connectivity index (χ3v) is 1.98. The molecule has 2 N–H and O–H groups in total. The maximum atomic E-state index is 12.8. The monoisotopic (exact) mass is 219 g/mol. The third kappa shape index (κ3) is 2.57. The van der Waals surface area contributed by atoms with Crippen LogP contribution in [0, 0.1) is 0 Å². The van der Waals surface area contributed by atoms with Gasteiger partial charge in [-0.3, -0.25) is 0 Å². The Bertz CT molecular complexity index is 299. The molecule has 1 aliphatic carbocycles. The van der Waals surface area contributed by atoms with Crippen molar-refractivity contribution in [2.45, 2.75) is 44.5 Å². The van der Waals surface area contributed by atoms with Gasteiger partial charge in [0.25, 0.3) is 0 Å². The van der Waals surface area contributed by atoms with E-state index >= 15 is 0 Å². The molecule has 1 aliphatic rings. The molecule has 1 fully saturated rings.